The minimum Gasteiger partial charge on any atom is -0.497 e. The number of para-hydroxylation sites is 1. The number of hydrogen-bond acceptors (Lipinski definition) is 6. The van der Waals surface area contributed by atoms with Crippen molar-refractivity contribution in [2.24, 2.45) is 0 Å². The molecule has 0 spiro atoms. The SMILES string of the molecule is COc1ccc(Oc2ccc(/C=C/c3nc4ccccc4c(=O)[nH]3)cc2[N+](=O)[O-])cc1. The molecule has 0 bridgehead atoms. The molecule has 1 N–H and O–H groups in total. The zero-order valence-electron chi connectivity index (χ0n) is 16.4. The van der Waals surface area contributed by atoms with E-state index in [-0.39, 0.29) is 17.0 Å². The summed E-state index contributed by atoms with van der Waals surface area (Å²) in [4.78, 5) is 30.3. The molecule has 1 aromatic heterocycles. The number of ether oxygens (including phenoxy) is 2. The largest absolute Gasteiger partial charge is 0.497 e. The Hall–Kier alpha value is -4.46. The van der Waals surface area contributed by atoms with E-state index in [0.717, 1.165) is 0 Å². The summed E-state index contributed by atoms with van der Waals surface area (Å²) in [5, 5.41) is 12.0. The molecule has 0 aliphatic heterocycles. The molecule has 154 valence electrons. The number of rotatable bonds is 6. The van der Waals surface area contributed by atoms with Gasteiger partial charge in [-0.15, -0.1) is 0 Å². The highest BCUT2D eigenvalue weighted by atomic mass is 16.6. The first-order chi connectivity index (χ1) is 15.0. The van der Waals surface area contributed by atoms with Crippen LogP contribution in [0.25, 0.3) is 23.1 Å². The number of nitrogens with one attached hydrogen (secondary N) is 1. The average molecular weight is 415 g/mol. The van der Waals surface area contributed by atoms with Crippen molar-refractivity contribution in [3.8, 4) is 17.2 Å². The van der Waals surface area contributed by atoms with E-state index < -0.39 is 4.92 Å². The molecule has 0 atom stereocenters. The van der Waals surface area contributed by atoms with Crippen LogP contribution in [0.1, 0.15) is 11.4 Å². The van der Waals surface area contributed by atoms with Gasteiger partial charge in [-0.2, -0.15) is 0 Å². The third kappa shape index (κ3) is 4.43. The van der Waals surface area contributed by atoms with Crippen LogP contribution in [0, 0.1) is 10.1 Å². The van der Waals surface area contributed by atoms with E-state index in [9.17, 15) is 14.9 Å². The molecule has 1 heterocycles. The summed E-state index contributed by atoms with van der Waals surface area (Å²) < 4.78 is 10.8. The second-order valence-electron chi connectivity index (χ2n) is 6.56. The molecule has 0 unspecified atom stereocenters. The molecule has 0 fully saturated rings. The standard InChI is InChI=1S/C23H17N3O5/c1-30-16-8-10-17(11-9-16)31-21-12-6-15(14-20(21)26(28)29)7-13-22-24-19-5-3-2-4-18(19)23(27)25-22/h2-14H,1H3,(H,24,25,27)/b13-7+. The molecule has 0 radical (unpaired) electrons. The highest BCUT2D eigenvalue weighted by molar-refractivity contribution is 5.79. The number of nitro groups is 1. The highest BCUT2D eigenvalue weighted by Crippen LogP contribution is 2.33. The molecule has 4 aromatic rings. The predicted molar refractivity (Wildman–Crippen MR) is 117 cm³/mol. The van der Waals surface area contributed by atoms with Crippen LogP contribution in [0.2, 0.25) is 0 Å². The second-order valence-corrected chi connectivity index (χ2v) is 6.56. The molecule has 0 saturated carbocycles. The highest BCUT2D eigenvalue weighted by Gasteiger charge is 2.16. The Morgan fingerprint density at radius 3 is 2.48 bits per heavy atom. The fourth-order valence-electron chi connectivity index (χ4n) is 3.00. The zero-order valence-corrected chi connectivity index (χ0v) is 16.4. The van der Waals surface area contributed by atoms with Gasteiger partial charge in [-0.25, -0.2) is 4.98 Å². The molecule has 8 heteroatoms. The van der Waals surface area contributed by atoms with Gasteiger partial charge in [-0.1, -0.05) is 24.3 Å². The number of H-pyrrole nitrogens is 1. The van der Waals surface area contributed by atoms with Crippen LogP contribution >= 0.6 is 0 Å². The van der Waals surface area contributed by atoms with Crippen molar-refractivity contribution in [2.45, 2.75) is 0 Å². The lowest BCUT2D eigenvalue weighted by molar-refractivity contribution is -0.385. The van der Waals surface area contributed by atoms with Crippen LogP contribution in [-0.2, 0) is 0 Å². The lowest BCUT2D eigenvalue weighted by Crippen LogP contribution is -2.09. The number of aromatic nitrogens is 2. The van der Waals surface area contributed by atoms with Crippen molar-refractivity contribution in [3.05, 3.63) is 98.6 Å². The number of benzene rings is 3. The fourth-order valence-corrected chi connectivity index (χ4v) is 3.00. The molecule has 31 heavy (non-hydrogen) atoms. The number of hydrogen-bond donors (Lipinski definition) is 1. The van der Waals surface area contributed by atoms with Gasteiger partial charge in [0, 0.05) is 6.07 Å². The van der Waals surface area contributed by atoms with Gasteiger partial charge in [0.25, 0.3) is 5.56 Å². The van der Waals surface area contributed by atoms with Crippen molar-refractivity contribution in [1.29, 1.82) is 0 Å². The Morgan fingerprint density at radius 2 is 1.74 bits per heavy atom. The quantitative estimate of drug-likeness (QED) is 0.358. The van der Waals surface area contributed by atoms with Crippen LogP contribution in [-0.4, -0.2) is 22.0 Å². The van der Waals surface area contributed by atoms with Crippen LogP contribution in [0.15, 0.2) is 71.5 Å². The Morgan fingerprint density at radius 1 is 1.00 bits per heavy atom. The molecule has 0 saturated heterocycles. The monoisotopic (exact) mass is 415 g/mol. The maximum atomic E-state index is 12.2. The Labute approximate surface area is 176 Å². The van der Waals surface area contributed by atoms with Gasteiger partial charge in [0.15, 0.2) is 0 Å². The predicted octanol–water partition coefficient (Wildman–Crippen LogP) is 4.80. The summed E-state index contributed by atoms with van der Waals surface area (Å²) in [5.74, 6) is 1.57. The molecule has 0 amide bonds. The first-order valence-corrected chi connectivity index (χ1v) is 9.31. The maximum absolute atomic E-state index is 12.2. The van der Waals surface area contributed by atoms with E-state index in [2.05, 4.69) is 9.97 Å². The Kier molecular flexibility index (Phi) is 5.44. The zero-order chi connectivity index (χ0) is 21.8. The van der Waals surface area contributed by atoms with Crippen molar-refractivity contribution in [3.63, 3.8) is 0 Å². The number of nitrogens with zero attached hydrogens (tertiary/aromatic N) is 2. The molecule has 0 aliphatic carbocycles. The third-order valence-electron chi connectivity index (χ3n) is 4.53. The van der Waals surface area contributed by atoms with Crippen LogP contribution in [0.5, 0.6) is 17.2 Å². The molecule has 4 rings (SSSR count). The van der Waals surface area contributed by atoms with Crippen molar-refractivity contribution in [2.75, 3.05) is 7.11 Å². The van der Waals surface area contributed by atoms with E-state index in [1.807, 2.05) is 0 Å². The molecular formula is C23H17N3O5. The van der Waals surface area contributed by atoms with Gasteiger partial charge < -0.3 is 14.5 Å². The van der Waals surface area contributed by atoms with E-state index in [1.54, 1.807) is 73.9 Å². The van der Waals surface area contributed by atoms with Gasteiger partial charge in [-0.3, -0.25) is 14.9 Å². The topological polar surface area (TPSA) is 107 Å². The Bertz CT molecular complexity index is 1340. The van der Waals surface area contributed by atoms with Crippen molar-refractivity contribution < 1.29 is 14.4 Å². The summed E-state index contributed by atoms with van der Waals surface area (Å²) in [7, 11) is 1.55. The van der Waals surface area contributed by atoms with Crippen LogP contribution < -0.4 is 15.0 Å². The first-order valence-electron chi connectivity index (χ1n) is 9.31. The third-order valence-corrected chi connectivity index (χ3v) is 4.53. The summed E-state index contributed by atoms with van der Waals surface area (Å²) in [6.45, 7) is 0. The van der Waals surface area contributed by atoms with E-state index in [1.165, 1.54) is 12.1 Å². The smallest absolute Gasteiger partial charge is 0.312 e. The summed E-state index contributed by atoms with van der Waals surface area (Å²) in [6.07, 6.45) is 3.23. The van der Waals surface area contributed by atoms with Gasteiger partial charge in [0.1, 0.15) is 17.3 Å². The average Bonchev–Trinajstić information content (AvgIpc) is 2.79. The second kappa shape index (κ2) is 8.50. The lowest BCUT2D eigenvalue weighted by atomic mass is 10.1. The van der Waals surface area contributed by atoms with Crippen LogP contribution in [0.4, 0.5) is 5.69 Å². The van der Waals surface area contributed by atoms with Crippen molar-refractivity contribution >= 4 is 28.7 Å². The molecular weight excluding hydrogens is 398 g/mol. The van der Waals surface area contributed by atoms with E-state index in [4.69, 9.17) is 9.47 Å². The summed E-state index contributed by atoms with van der Waals surface area (Å²) in [6, 6.07) is 18.4. The normalized spacial score (nSPS) is 11.0. The molecule has 3 aromatic carbocycles. The number of methoxy groups -OCH3 is 1. The Balaban J connectivity index is 1.61. The summed E-state index contributed by atoms with van der Waals surface area (Å²) >= 11 is 0. The van der Waals surface area contributed by atoms with Crippen molar-refractivity contribution in [1.82, 2.24) is 9.97 Å². The number of nitro benzene ring substituents is 1. The van der Waals surface area contributed by atoms with Gasteiger partial charge in [0.05, 0.1) is 22.9 Å². The van der Waals surface area contributed by atoms with E-state index >= 15 is 0 Å². The molecule has 8 nitrogen and oxygen atoms in total. The number of fused-ring (bicyclic) bond motifs is 1. The number of aromatic amines is 1. The first kappa shape index (κ1) is 19.8. The van der Waals surface area contributed by atoms with Crippen LogP contribution in [0.3, 0.4) is 0 Å². The summed E-state index contributed by atoms with van der Waals surface area (Å²) in [5.41, 5.74) is 0.696. The molecule has 0 aliphatic rings. The minimum atomic E-state index is -0.508. The lowest BCUT2D eigenvalue weighted by Gasteiger charge is -2.08. The van der Waals surface area contributed by atoms with Gasteiger partial charge in [-0.05, 0) is 54.1 Å². The van der Waals surface area contributed by atoms with Gasteiger partial charge in [0.2, 0.25) is 5.75 Å². The van der Waals surface area contributed by atoms with Gasteiger partial charge >= 0.3 is 5.69 Å². The fraction of sp³-hybridized carbons (Fsp3) is 0.0435. The van der Waals surface area contributed by atoms with E-state index in [0.29, 0.717) is 33.8 Å². The maximum Gasteiger partial charge on any atom is 0.312 e. The minimum absolute atomic E-state index is 0.115.